The van der Waals surface area contributed by atoms with Gasteiger partial charge in [0, 0.05) is 12.6 Å². The normalized spacial score (nSPS) is 17.8. The Morgan fingerprint density at radius 3 is 2.56 bits per heavy atom. The standard InChI is InChI=1S/C21H19ClF2N4O4/c1-21(13-9-12(23)7-8-15(13)24)19(31)28(20(32)26-21)11-18(30)27(2)10-17(29)25-16-6-4-3-5-14(16)22/h3-9H,10-11H2,1-2H3,(H,25,29)(H,26,32)/t21-/m1/s1. The molecule has 2 aromatic rings. The summed E-state index contributed by atoms with van der Waals surface area (Å²) in [5.41, 5.74) is -1.89. The summed E-state index contributed by atoms with van der Waals surface area (Å²) in [5.74, 6) is -3.86. The van der Waals surface area contributed by atoms with Gasteiger partial charge in [0.1, 0.15) is 23.7 Å². The molecule has 1 heterocycles. The van der Waals surface area contributed by atoms with Crippen molar-refractivity contribution in [3.05, 3.63) is 64.7 Å². The molecule has 0 saturated carbocycles. The number of rotatable bonds is 6. The molecule has 1 saturated heterocycles. The number of para-hydroxylation sites is 1. The lowest BCUT2D eigenvalue weighted by molar-refractivity contribution is -0.139. The summed E-state index contributed by atoms with van der Waals surface area (Å²) in [6.45, 7) is 0.160. The Kier molecular flexibility index (Phi) is 6.45. The molecule has 168 valence electrons. The van der Waals surface area contributed by atoms with Crippen LogP contribution in [0.5, 0.6) is 0 Å². The number of benzene rings is 2. The molecular formula is C21H19ClF2N4O4. The van der Waals surface area contributed by atoms with Gasteiger partial charge in [-0.1, -0.05) is 23.7 Å². The molecule has 0 spiro atoms. The van der Waals surface area contributed by atoms with E-state index in [2.05, 4.69) is 10.6 Å². The van der Waals surface area contributed by atoms with E-state index in [0.717, 1.165) is 23.1 Å². The van der Waals surface area contributed by atoms with Crippen LogP contribution < -0.4 is 10.6 Å². The topological polar surface area (TPSA) is 98.8 Å². The summed E-state index contributed by atoms with van der Waals surface area (Å²) in [5, 5.41) is 5.17. The van der Waals surface area contributed by atoms with E-state index in [1.807, 2.05) is 0 Å². The maximum atomic E-state index is 14.2. The first-order valence-electron chi connectivity index (χ1n) is 9.41. The van der Waals surface area contributed by atoms with Crippen molar-refractivity contribution in [1.82, 2.24) is 15.1 Å². The molecule has 2 N–H and O–H groups in total. The fraction of sp³-hybridized carbons (Fsp3) is 0.238. The number of carbonyl (C=O) groups is 4. The Bertz CT molecular complexity index is 1110. The van der Waals surface area contributed by atoms with Crippen molar-refractivity contribution in [2.45, 2.75) is 12.5 Å². The number of imide groups is 1. The summed E-state index contributed by atoms with van der Waals surface area (Å²) in [6, 6.07) is 8.13. The van der Waals surface area contributed by atoms with Crippen molar-refractivity contribution in [2.24, 2.45) is 0 Å². The van der Waals surface area contributed by atoms with E-state index in [0.29, 0.717) is 15.6 Å². The number of hydrogen-bond donors (Lipinski definition) is 2. The summed E-state index contributed by atoms with van der Waals surface area (Å²) in [4.78, 5) is 51.5. The van der Waals surface area contributed by atoms with Crippen LogP contribution in [0.3, 0.4) is 0 Å². The SMILES string of the molecule is CN(CC(=O)Nc1ccccc1Cl)C(=O)CN1C(=O)N[C@](C)(c2cc(F)ccc2F)C1=O. The third kappa shape index (κ3) is 4.54. The van der Waals surface area contributed by atoms with Crippen molar-refractivity contribution >= 4 is 41.0 Å². The number of hydrogen-bond acceptors (Lipinski definition) is 4. The van der Waals surface area contributed by atoms with E-state index in [1.165, 1.54) is 14.0 Å². The summed E-state index contributed by atoms with van der Waals surface area (Å²) < 4.78 is 27.8. The minimum atomic E-state index is -1.89. The first kappa shape index (κ1) is 23.1. The first-order valence-corrected chi connectivity index (χ1v) is 9.78. The zero-order valence-corrected chi connectivity index (χ0v) is 17.9. The second-order valence-electron chi connectivity index (χ2n) is 7.35. The van der Waals surface area contributed by atoms with Crippen molar-refractivity contribution in [3.8, 4) is 0 Å². The number of urea groups is 1. The van der Waals surface area contributed by atoms with E-state index in [9.17, 15) is 28.0 Å². The molecule has 1 aliphatic heterocycles. The third-order valence-electron chi connectivity index (χ3n) is 4.99. The minimum absolute atomic E-state index is 0.318. The number of anilines is 1. The highest BCUT2D eigenvalue weighted by Crippen LogP contribution is 2.31. The number of likely N-dealkylation sites (N-methyl/N-ethyl adjacent to an activating group) is 1. The van der Waals surface area contributed by atoms with Gasteiger partial charge in [0.15, 0.2) is 0 Å². The highest BCUT2D eigenvalue weighted by Gasteiger charge is 2.51. The molecule has 11 heteroatoms. The molecule has 3 rings (SSSR count). The molecule has 8 nitrogen and oxygen atoms in total. The lowest BCUT2D eigenvalue weighted by Crippen LogP contribution is -2.45. The number of amides is 5. The Morgan fingerprint density at radius 2 is 1.88 bits per heavy atom. The van der Waals surface area contributed by atoms with Gasteiger partial charge in [-0.3, -0.25) is 19.3 Å². The predicted octanol–water partition coefficient (Wildman–Crippen LogP) is 2.48. The van der Waals surface area contributed by atoms with E-state index in [1.54, 1.807) is 24.3 Å². The van der Waals surface area contributed by atoms with Crippen LogP contribution in [0, 0.1) is 11.6 Å². The Labute approximate surface area is 187 Å². The van der Waals surface area contributed by atoms with Crippen LogP contribution in [0.1, 0.15) is 12.5 Å². The average Bonchev–Trinajstić information content (AvgIpc) is 2.95. The predicted molar refractivity (Wildman–Crippen MR) is 112 cm³/mol. The summed E-state index contributed by atoms with van der Waals surface area (Å²) >= 11 is 5.98. The van der Waals surface area contributed by atoms with Crippen LogP contribution >= 0.6 is 11.6 Å². The Balaban J connectivity index is 1.67. The molecule has 0 aromatic heterocycles. The lowest BCUT2D eigenvalue weighted by Gasteiger charge is -2.23. The monoisotopic (exact) mass is 464 g/mol. The Hall–Kier alpha value is -3.53. The van der Waals surface area contributed by atoms with Crippen LogP contribution in [0.4, 0.5) is 19.3 Å². The van der Waals surface area contributed by atoms with Gasteiger partial charge in [0.25, 0.3) is 5.91 Å². The van der Waals surface area contributed by atoms with E-state index in [4.69, 9.17) is 11.6 Å². The molecule has 32 heavy (non-hydrogen) atoms. The Morgan fingerprint density at radius 1 is 1.19 bits per heavy atom. The van der Waals surface area contributed by atoms with Gasteiger partial charge < -0.3 is 15.5 Å². The second-order valence-corrected chi connectivity index (χ2v) is 7.76. The maximum absolute atomic E-state index is 14.2. The molecule has 5 amide bonds. The molecule has 0 unspecified atom stereocenters. The number of nitrogens with zero attached hydrogens (tertiary/aromatic N) is 2. The van der Waals surface area contributed by atoms with Crippen molar-refractivity contribution < 1.29 is 28.0 Å². The van der Waals surface area contributed by atoms with Crippen LogP contribution in [0.15, 0.2) is 42.5 Å². The van der Waals surface area contributed by atoms with Crippen LogP contribution in [0.25, 0.3) is 0 Å². The third-order valence-corrected chi connectivity index (χ3v) is 5.32. The number of halogens is 3. The van der Waals surface area contributed by atoms with Gasteiger partial charge in [0.05, 0.1) is 17.3 Å². The first-order chi connectivity index (χ1) is 15.0. The number of nitrogens with one attached hydrogen (secondary N) is 2. The van der Waals surface area contributed by atoms with Crippen LogP contribution in [-0.2, 0) is 19.9 Å². The second kappa shape index (κ2) is 8.91. The summed E-state index contributed by atoms with van der Waals surface area (Å²) in [6.07, 6.45) is 0. The van der Waals surface area contributed by atoms with Gasteiger partial charge >= 0.3 is 6.03 Å². The van der Waals surface area contributed by atoms with Gasteiger partial charge in [0.2, 0.25) is 11.8 Å². The largest absolute Gasteiger partial charge is 0.335 e. The average molecular weight is 465 g/mol. The molecular weight excluding hydrogens is 446 g/mol. The number of carbonyl (C=O) groups excluding carboxylic acids is 4. The van der Waals surface area contributed by atoms with Crippen LogP contribution in [-0.4, -0.2) is 53.7 Å². The van der Waals surface area contributed by atoms with E-state index in [-0.39, 0.29) is 12.1 Å². The van der Waals surface area contributed by atoms with Crippen LogP contribution in [0.2, 0.25) is 5.02 Å². The molecule has 1 aliphatic rings. The molecule has 1 fully saturated rings. The molecule has 0 radical (unpaired) electrons. The maximum Gasteiger partial charge on any atom is 0.325 e. The fourth-order valence-electron chi connectivity index (χ4n) is 3.22. The zero-order valence-electron chi connectivity index (χ0n) is 17.1. The molecule has 0 aliphatic carbocycles. The van der Waals surface area contributed by atoms with Gasteiger partial charge in [-0.25, -0.2) is 13.6 Å². The zero-order chi connectivity index (χ0) is 23.6. The molecule has 2 aromatic carbocycles. The van der Waals surface area contributed by atoms with E-state index >= 15 is 0 Å². The van der Waals surface area contributed by atoms with Gasteiger partial charge in [-0.2, -0.15) is 0 Å². The van der Waals surface area contributed by atoms with Gasteiger partial charge in [-0.05, 0) is 37.3 Å². The van der Waals surface area contributed by atoms with Crippen molar-refractivity contribution in [3.63, 3.8) is 0 Å². The minimum Gasteiger partial charge on any atom is -0.335 e. The smallest absolute Gasteiger partial charge is 0.325 e. The van der Waals surface area contributed by atoms with E-state index < -0.39 is 47.5 Å². The fourth-order valence-corrected chi connectivity index (χ4v) is 3.40. The summed E-state index contributed by atoms with van der Waals surface area (Å²) in [7, 11) is 1.32. The highest BCUT2D eigenvalue weighted by atomic mass is 35.5. The van der Waals surface area contributed by atoms with Crippen molar-refractivity contribution in [1.29, 1.82) is 0 Å². The van der Waals surface area contributed by atoms with Crippen molar-refractivity contribution in [2.75, 3.05) is 25.5 Å². The lowest BCUT2D eigenvalue weighted by atomic mass is 9.91. The quantitative estimate of drug-likeness (QED) is 0.642. The highest BCUT2D eigenvalue weighted by molar-refractivity contribution is 6.33. The van der Waals surface area contributed by atoms with Gasteiger partial charge in [-0.15, -0.1) is 0 Å². The molecule has 0 bridgehead atoms. The molecule has 1 atom stereocenters.